The Bertz CT molecular complexity index is 490. The van der Waals surface area contributed by atoms with E-state index in [2.05, 4.69) is 20.8 Å². The first-order valence-electron chi connectivity index (χ1n) is 7.37. The number of halogens is 1. The molecule has 21 heavy (non-hydrogen) atoms. The van der Waals surface area contributed by atoms with Gasteiger partial charge in [-0.2, -0.15) is 0 Å². The van der Waals surface area contributed by atoms with Crippen LogP contribution in [0.3, 0.4) is 0 Å². The first-order valence-corrected chi connectivity index (χ1v) is 8.16. The van der Waals surface area contributed by atoms with E-state index in [0.29, 0.717) is 11.6 Å². The summed E-state index contributed by atoms with van der Waals surface area (Å²) in [5, 5.41) is 9.19. The van der Waals surface area contributed by atoms with Gasteiger partial charge in [-0.05, 0) is 43.5 Å². The molecule has 1 N–H and O–H groups in total. The zero-order valence-electron chi connectivity index (χ0n) is 12.3. The average Bonchev–Trinajstić information content (AvgIpc) is 2.50. The van der Waals surface area contributed by atoms with E-state index < -0.39 is 0 Å². The minimum absolute atomic E-state index is 0.240. The van der Waals surface area contributed by atoms with E-state index in [1.165, 1.54) is 20.0 Å². The van der Waals surface area contributed by atoms with Crippen LogP contribution in [0.2, 0.25) is 0 Å². The van der Waals surface area contributed by atoms with Gasteiger partial charge in [0, 0.05) is 23.7 Å². The molecule has 1 saturated heterocycles. The van der Waals surface area contributed by atoms with Crippen LogP contribution < -0.4 is 0 Å². The summed E-state index contributed by atoms with van der Waals surface area (Å²) in [6.45, 7) is 2.15. The van der Waals surface area contributed by atoms with Gasteiger partial charge in [-0.1, -0.05) is 28.4 Å². The summed E-state index contributed by atoms with van der Waals surface area (Å²) in [7, 11) is 1.39. The quantitative estimate of drug-likeness (QED) is 0.825. The lowest BCUT2D eigenvalue weighted by Crippen LogP contribution is -2.39. The normalized spacial score (nSPS) is 19.5. The molecule has 1 atom stereocenters. The van der Waals surface area contributed by atoms with Gasteiger partial charge in [-0.3, -0.25) is 4.90 Å². The monoisotopic (exact) mass is 355 g/mol. The smallest absolute Gasteiger partial charge is 0.337 e. The third-order valence-electron chi connectivity index (χ3n) is 4.06. The highest BCUT2D eigenvalue weighted by Gasteiger charge is 2.22. The number of benzene rings is 1. The summed E-state index contributed by atoms with van der Waals surface area (Å²) < 4.78 is 5.66. The molecule has 1 unspecified atom stereocenters. The molecular formula is C16H22BrNO3. The number of esters is 1. The summed E-state index contributed by atoms with van der Waals surface area (Å²) in [4.78, 5) is 14.0. The maximum atomic E-state index is 11.5. The molecule has 0 aliphatic carbocycles. The summed E-state index contributed by atoms with van der Waals surface area (Å²) in [6, 6.07) is 6.04. The first kappa shape index (κ1) is 16.5. The Morgan fingerprint density at radius 2 is 2.29 bits per heavy atom. The van der Waals surface area contributed by atoms with Crippen LogP contribution in [0, 0.1) is 0 Å². The molecule has 0 radical (unpaired) electrons. The van der Waals surface area contributed by atoms with Crippen molar-refractivity contribution in [2.45, 2.75) is 38.3 Å². The van der Waals surface area contributed by atoms with Gasteiger partial charge in [0.25, 0.3) is 0 Å². The topological polar surface area (TPSA) is 49.8 Å². The highest BCUT2D eigenvalue weighted by atomic mass is 79.9. The number of hydrogen-bond acceptors (Lipinski definition) is 4. The number of nitrogens with zero attached hydrogens (tertiary/aromatic N) is 1. The van der Waals surface area contributed by atoms with E-state index in [9.17, 15) is 9.90 Å². The molecule has 2 rings (SSSR count). The number of rotatable bonds is 5. The number of likely N-dealkylation sites (tertiary alicyclic amines) is 1. The van der Waals surface area contributed by atoms with Crippen molar-refractivity contribution in [1.82, 2.24) is 4.90 Å². The zero-order valence-corrected chi connectivity index (χ0v) is 13.9. The summed E-state index contributed by atoms with van der Waals surface area (Å²) >= 11 is 3.55. The molecule has 1 aliphatic rings. The highest BCUT2D eigenvalue weighted by molar-refractivity contribution is 9.10. The number of piperidine rings is 1. The van der Waals surface area contributed by atoms with Crippen molar-refractivity contribution in [3.63, 3.8) is 0 Å². The standard InChI is InChI=1S/C16H22BrNO3/c1-21-16(20)12-5-6-13(15(17)10-12)11-18-8-3-2-4-14(18)7-9-19/h5-6,10,14,19H,2-4,7-9,11H2,1H3. The Labute approximate surface area is 134 Å². The highest BCUT2D eigenvalue weighted by Crippen LogP contribution is 2.26. The number of aliphatic hydroxyl groups is 1. The molecule has 1 fully saturated rings. The predicted octanol–water partition coefficient (Wildman–Crippen LogP) is 2.97. The third-order valence-corrected chi connectivity index (χ3v) is 4.80. The van der Waals surface area contributed by atoms with Crippen LogP contribution in [0.1, 0.15) is 41.6 Å². The van der Waals surface area contributed by atoms with Gasteiger partial charge in [0.15, 0.2) is 0 Å². The molecule has 0 saturated carbocycles. The second-order valence-corrected chi connectivity index (χ2v) is 6.28. The number of carbonyl (C=O) groups is 1. The Balaban J connectivity index is 2.09. The fourth-order valence-electron chi connectivity index (χ4n) is 2.88. The number of aliphatic hydroxyl groups excluding tert-OH is 1. The first-order chi connectivity index (χ1) is 10.2. The number of hydrogen-bond donors (Lipinski definition) is 1. The predicted molar refractivity (Wildman–Crippen MR) is 85.2 cm³/mol. The lowest BCUT2D eigenvalue weighted by molar-refractivity contribution is 0.0600. The molecule has 116 valence electrons. The van der Waals surface area contributed by atoms with E-state index in [-0.39, 0.29) is 12.6 Å². The molecule has 0 bridgehead atoms. The van der Waals surface area contributed by atoms with Gasteiger partial charge >= 0.3 is 5.97 Å². The largest absolute Gasteiger partial charge is 0.465 e. The second kappa shape index (κ2) is 7.92. The van der Waals surface area contributed by atoms with Crippen molar-refractivity contribution in [3.05, 3.63) is 33.8 Å². The minimum atomic E-state index is -0.321. The number of ether oxygens (including phenoxy) is 1. The van der Waals surface area contributed by atoms with E-state index in [0.717, 1.165) is 36.0 Å². The molecule has 0 amide bonds. The molecule has 1 aromatic carbocycles. The summed E-state index contributed by atoms with van der Waals surface area (Å²) in [6.07, 6.45) is 4.43. The van der Waals surface area contributed by atoms with Crippen LogP contribution in [0.25, 0.3) is 0 Å². The molecule has 4 nitrogen and oxygen atoms in total. The van der Waals surface area contributed by atoms with Gasteiger partial charge in [-0.15, -0.1) is 0 Å². The fraction of sp³-hybridized carbons (Fsp3) is 0.562. The Hall–Kier alpha value is -0.910. The third kappa shape index (κ3) is 4.28. The van der Waals surface area contributed by atoms with Crippen molar-refractivity contribution in [3.8, 4) is 0 Å². The maximum Gasteiger partial charge on any atom is 0.337 e. The van der Waals surface area contributed by atoms with Crippen molar-refractivity contribution in [2.75, 3.05) is 20.3 Å². The fourth-order valence-corrected chi connectivity index (χ4v) is 3.39. The van der Waals surface area contributed by atoms with Crippen molar-refractivity contribution in [2.24, 2.45) is 0 Å². The lowest BCUT2D eigenvalue weighted by atomic mass is 9.98. The van der Waals surface area contributed by atoms with Crippen LogP contribution in [0.4, 0.5) is 0 Å². The molecule has 0 aromatic heterocycles. The van der Waals surface area contributed by atoms with Crippen LogP contribution in [-0.2, 0) is 11.3 Å². The van der Waals surface area contributed by atoms with E-state index in [4.69, 9.17) is 4.74 Å². The van der Waals surface area contributed by atoms with Gasteiger partial charge in [0.05, 0.1) is 12.7 Å². The average molecular weight is 356 g/mol. The van der Waals surface area contributed by atoms with Gasteiger partial charge in [0.2, 0.25) is 0 Å². The minimum Gasteiger partial charge on any atom is -0.465 e. The summed E-state index contributed by atoms with van der Waals surface area (Å²) in [5.41, 5.74) is 1.71. The molecule has 0 spiro atoms. The Kier molecular flexibility index (Phi) is 6.21. The van der Waals surface area contributed by atoms with Crippen LogP contribution in [0.5, 0.6) is 0 Å². The zero-order chi connectivity index (χ0) is 15.2. The molecule has 1 heterocycles. The van der Waals surface area contributed by atoms with Crippen LogP contribution in [-0.4, -0.2) is 42.3 Å². The molecular weight excluding hydrogens is 334 g/mol. The van der Waals surface area contributed by atoms with Crippen LogP contribution in [0.15, 0.2) is 22.7 Å². The van der Waals surface area contributed by atoms with E-state index in [1.807, 2.05) is 12.1 Å². The number of methoxy groups -OCH3 is 1. The van der Waals surface area contributed by atoms with Gasteiger partial charge in [0.1, 0.15) is 0 Å². The van der Waals surface area contributed by atoms with Crippen LogP contribution >= 0.6 is 15.9 Å². The van der Waals surface area contributed by atoms with E-state index in [1.54, 1.807) is 6.07 Å². The van der Waals surface area contributed by atoms with Gasteiger partial charge < -0.3 is 9.84 Å². The molecule has 5 heteroatoms. The molecule has 1 aliphatic heterocycles. The summed E-state index contributed by atoms with van der Waals surface area (Å²) in [5.74, 6) is -0.321. The van der Waals surface area contributed by atoms with Crippen molar-refractivity contribution in [1.29, 1.82) is 0 Å². The number of carbonyl (C=O) groups excluding carboxylic acids is 1. The molecule has 1 aromatic rings. The van der Waals surface area contributed by atoms with Gasteiger partial charge in [-0.25, -0.2) is 4.79 Å². The lowest BCUT2D eigenvalue weighted by Gasteiger charge is -2.35. The maximum absolute atomic E-state index is 11.5. The van der Waals surface area contributed by atoms with Crippen molar-refractivity contribution >= 4 is 21.9 Å². The van der Waals surface area contributed by atoms with Crippen molar-refractivity contribution < 1.29 is 14.6 Å². The van der Waals surface area contributed by atoms with E-state index >= 15 is 0 Å². The SMILES string of the molecule is COC(=O)c1ccc(CN2CCCCC2CCO)c(Br)c1. The second-order valence-electron chi connectivity index (χ2n) is 5.43. The Morgan fingerprint density at radius 3 is 2.95 bits per heavy atom. The Morgan fingerprint density at radius 1 is 1.48 bits per heavy atom.